The zero-order chi connectivity index (χ0) is 14.5. The third kappa shape index (κ3) is 2.98. The predicted molar refractivity (Wildman–Crippen MR) is 72.0 cm³/mol. The first kappa shape index (κ1) is 14.1. The van der Waals surface area contributed by atoms with E-state index in [0.717, 1.165) is 0 Å². The lowest BCUT2D eigenvalue weighted by Crippen LogP contribution is -2.28. The molecule has 0 saturated carbocycles. The number of esters is 1. The van der Waals surface area contributed by atoms with Gasteiger partial charge in [-0.05, 0) is 32.4 Å². The molecule has 1 aliphatic rings. The maximum atomic E-state index is 12.3. The lowest BCUT2D eigenvalue weighted by Gasteiger charge is -2.12. The molecule has 7 nitrogen and oxygen atoms in total. The number of anilines is 1. The zero-order valence-corrected chi connectivity index (χ0v) is 11.4. The smallest absolute Gasteiger partial charge is 0.305 e. The Labute approximate surface area is 116 Å². The number of carbonyl (C=O) groups is 2. The van der Waals surface area contributed by atoms with E-state index in [0.29, 0.717) is 24.6 Å². The van der Waals surface area contributed by atoms with Gasteiger partial charge in [-0.15, -0.1) is 5.10 Å². The fraction of sp³-hybridized carbons (Fsp3) is 0.462. The molecular weight excluding hydrogens is 260 g/mol. The summed E-state index contributed by atoms with van der Waals surface area (Å²) in [6, 6.07) is 3.35. The number of carbonyl (C=O) groups excluding carboxylic acids is 2. The molecule has 0 saturated heterocycles. The Morgan fingerprint density at radius 3 is 2.95 bits per heavy atom. The summed E-state index contributed by atoms with van der Waals surface area (Å²) in [5.41, 5.74) is 0.671. The van der Waals surface area contributed by atoms with Crippen molar-refractivity contribution in [3.05, 3.63) is 18.3 Å². The molecule has 0 N–H and O–H groups in total. The van der Waals surface area contributed by atoms with Crippen molar-refractivity contribution in [3.8, 4) is 0 Å². The molecule has 1 aliphatic heterocycles. The van der Waals surface area contributed by atoms with E-state index in [1.54, 1.807) is 26.0 Å². The average Bonchev–Trinajstić information content (AvgIpc) is 2.73. The van der Waals surface area contributed by atoms with E-state index in [1.165, 1.54) is 11.2 Å². The highest BCUT2D eigenvalue weighted by molar-refractivity contribution is 6.14. The van der Waals surface area contributed by atoms with Crippen LogP contribution in [0.2, 0.25) is 0 Å². The minimum Gasteiger partial charge on any atom is -0.466 e. The van der Waals surface area contributed by atoms with Gasteiger partial charge in [0.25, 0.3) is 5.91 Å². The Kier molecular flexibility index (Phi) is 4.39. The molecule has 1 amide bonds. The van der Waals surface area contributed by atoms with Gasteiger partial charge in [0.2, 0.25) is 0 Å². The van der Waals surface area contributed by atoms with E-state index < -0.39 is 5.92 Å². The van der Waals surface area contributed by atoms with E-state index in [4.69, 9.17) is 4.74 Å². The number of ether oxygens (including phenoxy) is 1. The molecule has 0 bridgehead atoms. The third-order valence-electron chi connectivity index (χ3n) is 2.99. The molecule has 2 rings (SSSR count). The molecule has 0 fully saturated rings. The predicted octanol–water partition coefficient (Wildman–Crippen LogP) is 1.16. The number of amides is 1. The van der Waals surface area contributed by atoms with E-state index in [9.17, 15) is 9.59 Å². The first-order chi connectivity index (χ1) is 9.63. The monoisotopic (exact) mass is 276 g/mol. The molecule has 106 valence electrons. The average molecular weight is 276 g/mol. The van der Waals surface area contributed by atoms with Crippen molar-refractivity contribution in [2.75, 3.05) is 11.6 Å². The Bertz CT molecular complexity index is 530. The number of hydrazone groups is 1. The molecule has 2 heterocycles. The molecule has 1 atom stereocenters. The topological polar surface area (TPSA) is 84.8 Å². The van der Waals surface area contributed by atoms with Crippen molar-refractivity contribution in [3.63, 3.8) is 0 Å². The van der Waals surface area contributed by atoms with Crippen LogP contribution in [0.5, 0.6) is 0 Å². The van der Waals surface area contributed by atoms with E-state index in [-0.39, 0.29) is 18.3 Å². The van der Waals surface area contributed by atoms with Crippen LogP contribution >= 0.6 is 0 Å². The standard InChI is InChI=1S/C13H16N4O3/c1-3-20-12(18)7-6-10-9(2)16-17(13(10)19)11-5-4-8-14-15-11/h4-5,8,10H,3,6-7H2,1-2H3. The first-order valence-corrected chi connectivity index (χ1v) is 6.46. The molecule has 0 spiro atoms. The molecule has 0 aromatic carbocycles. The van der Waals surface area contributed by atoms with Gasteiger partial charge in [0.15, 0.2) is 5.82 Å². The number of nitrogens with zero attached hydrogens (tertiary/aromatic N) is 4. The van der Waals surface area contributed by atoms with Crippen molar-refractivity contribution in [1.29, 1.82) is 0 Å². The third-order valence-corrected chi connectivity index (χ3v) is 2.99. The lowest BCUT2D eigenvalue weighted by molar-refractivity contribution is -0.143. The largest absolute Gasteiger partial charge is 0.466 e. The van der Waals surface area contributed by atoms with Crippen LogP contribution in [0.3, 0.4) is 0 Å². The van der Waals surface area contributed by atoms with Crippen LogP contribution in [0.25, 0.3) is 0 Å². The van der Waals surface area contributed by atoms with Crippen LogP contribution in [-0.4, -0.2) is 34.4 Å². The van der Waals surface area contributed by atoms with Gasteiger partial charge in [-0.1, -0.05) is 0 Å². The van der Waals surface area contributed by atoms with Gasteiger partial charge in [0, 0.05) is 18.3 Å². The van der Waals surface area contributed by atoms with Crippen molar-refractivity contribution < 1.29 is 14.3 Å². The minimum absolute atomic E-state index is 0.188. The number of aromatic nitrogens is 2. The summed E-state index contributed by atoms with van der Waals surface area (Å²) in [4.78, 5) is 23.6. The summed E-state index contributed by atoms with van der Waals surface area (Å²) in [6.07, 6.45) is 2.12. The summed E-state index contributed by atoms with van der Waals surface area (Å²) < 4.78 is 4.86. The molecular formula is C13H16N4O3. The van der Waals surface area contributed by atoms with Gasteiger partial charge in [-0.3, -0.25) is 9.59 Å². The maximum Gasteiger partial charge on any atom is 0.305 e. The van der Waals surface area contributed by atoms with Gasteiger partial charge in [-0.25, -0.2) is 0 Å². The maximum absolute atomic E-state index is 12.3. The highest BCUT2D eigenvalue weighted by Gasteiger charge is 2.35. The highest BCUT2D eigenvalue weighted by Crippen LogP contribution is 2.24. The summed E-state index contributed by atoms with van der Waals surface area (Å²) in [6.45, 7) is 3.86. The van der Waals surface area contributed by atoms with Gasteiger partial charge in [0.05, 0.1) is 12.5 Å². The van der Waals surface area contributed by atoms with Crippen molar-refractivity contribution in [2.45, 2.75) is 26.7 Å². The van der Waals surface area contributed by atoms with Crippen molar-refractivity contribution in [1.82, 2.24) is 10.2 Å². The molecule has 0 aliphatic carbocycles. The zero-order valence-electron chi connectivity index (χ0n) is 11.4. The summed E-state index contributed by atoms with van der Waals surface area (Å²) in [7, 11) is 0. The molecule has 0 radical (unpaired) electrons. The van der Waals surface area contributed by atoms with Crippen LogP contribution in [-0.2, 0) is 14.3 Å². The molecule has 1 aromatic rings. The molecule has 1 aromatic heterocycles. The van der Waals surface area contributed by atoms with Crippen LogP contribution in [0.1, 0.15) is 26.7 Å². The SMILES string of the molecule is CCOC(=O)CCC1C(=O)N(c2cccnn2)N=C1C. The molecule has 7 heteroatoms. The quantitative estimate of drug-likeness (QED) is 0.753. The number of hydrogen-bond donors (Lipinski definition) is 0. The highest BCUT2D eigenvalue weighted by atomic mass is 16.5. The van der Waals surface area contributed by atoms with Crippen LogP contribution in [0, 0.1) is 5.92 Å². The number of rotatable bonds is 5. The second-order valence-electron chi connectivity index (χ2n) is 4.37. The van der Waals surface area contributed by atoms with Gasteiger partial charge < -0.3 is 4.74 Å². The van der Waals surface area contributed by atoms with Crippen LogP contribution in [0.15, 0.2) is 23.4 Å². The summed E-state index contributed by atoms with van der Waals surface area (Å²) in [5, 5.41) is 13.0. The fourth-order valence-corrected chi connectivity index (χ4v) is 2.00. The Hall–Kier alpha value is -2.31. The molecule has 20 heavy (non-hydrogen) atoms. The Morgan fingerprint density at radius 1 is 1.50 bits per heavy atom. The van der Waals surface area contributed by atoms with Crippen molar-refractivity contribution in [2.24, 2.45) is 11.0 Å². The number of hydrogen-bond acceptors (Lipinski definition) is 6. The van der Waals surface area contributed by atoms with E-state index in [2.05, 4.69) is 15.3 Å². The second kappa shape index (κ2) is 6.23. The molecule has 1 unspecified atom stereocenters. The lowest BCUT2D eigenvalue weighted by atomic mass is 9.98. The summed E-state index contributed by atoms with van der Waals surface area (Å²) in [5.74, 6) is -0.504. The van der Waals surface area contributed by atoms with Crippen molar-refractivity contribution >= 4 is 23.4 Å². The van der Waals surface area contributed by atoms with Gasteiger partial charge in [0.1, 0.15) is 0 Å². The normalized spacial score (nSPS) is 18.1. The van der Waals surface area contributed by atoms with Gasteiger partial charge >= 0.3 is 5.97 Å². The van der Waals surface area contributed by atoms with E-state index >= 15 is 0 Å². The Balaban J connectivity index is 2.02. The van der Waals surface area contributed by atoms with Crippen LogP contribution < -0.4 is 5.01 Å². The second-order valence-corrected chi connectivity index (χ2v) is 4.37. The summed E-state index contributed by atoms with van der Waals surface area (Å²) >= 11 is 0. The first-order valence-electron chi connectivity index (χ1n) is 6.46. The van der Waals surface area contributed by atoms with E-state index in [1.807, 2.05) is 0 Å². The fourth-order valence-electron chi connectivity index (χ4n) is 2.00. The van der Waals surface area contributed by atoms with Gasteiger partial charge in [-0.2, -0.15) is 15.2 Å². The minimum atomic E-state index is -0.401. The Morgan fingerprint density at radius 2 is 2.30 bits per heavy atom. The van der Waals surface area contributed by atoms with Crippen LogP contribution in [0.4, 0.5) is 5.82 Å².